The summed E-state index contributed by atoms with van der Waals surface area (Å²) < 4.78 is 0. The first-order chi connectivity index (χ1) is 8.54. The number of anilines is 1. The predicted octanol–water partition coefficient (Wildman–Crippen LogP) is 2.45. The van der Waals surface area contributed by atoms with E-state index in [1.54, 1.807) is 24.3 Å². The second-order valence-electron chi connectivity index (χ2n) is 4.06. The van der Waals surface area contributed by atoms with Crippen molar-refractivity contribution in [1.29, 1.82) is 0 Å². The fourth-order valence-corrected chi connectivity index (χ4v) is 1.57. The normalized spacial score (nSPS) is 11.1. The molecule has 1 aromatic rings. The molecule has 1 amide bonds. The predicted molar refractivity (Wildman–Crippen MR) is 72.2 cm³/mol. The average Bonchev–Trinajstić information content (AvgIpc) is 2.36. The van der Waals surface area contributed by atoms with E-state index < -0.39 is 11.8 Å². The number of hydrogen-bond donors (Lipinski definition) is 1. The molecule has 0 aliphatic carbocycles. The van der Waals surface area contributed by atoms with Gasteiger partial charge >= 0.3 is 21.1 Å². The SMILES string of the molecule is [CH2-]CC(=[N-])C(CC(C)=O)C(=O)Nc1ccccc1.[W+2]. The van der Waals surface area contributed by atoms with E-state index in [2.05, 4.69) is 12.2 Å². The van der Waals surface area contributed by atoms with Gasteiger partial charge in [0.25, 0.3) is 0 Å². The van der Waals surface area contributed by atoms with E-state index >= 15 is 0 Å². The first-order valence-electron chi connectivity index (χ1n) is 5.74. The van der Waals surface area contributed by atoms with Crippen molar-refractivity contribution < 1.29 is 30.7 Å². The van der Waals surface area contributed by atoms with Gasteiger partial charge < -0.3 is 17.6 Å². The Balaban J connectivity index is 0.00000324. The van der Waals surface area contributed by atoms with E-state index in [1.165, 1.54) is 6.92 Å². The largest absolute Gasteiger partial charge is 2.00 e. The molecule has 1 unspecified atom stereocenters. The minimum absolute atomic E-state index is 0. The van der Waals surface area contributed by atoms with Gasteiger partial charge in [-0.2, -0.15) is 6.42 Å². The van der Waals surface area contributed by atoms with E-state index in [-0.39, 0.29) is 45.4 Å². The van der Waals surface area contributed by atoms with Gasteiger partial charge in [-0.25, -0.2) is 5.71 Å². The summed E-state index contributed by atoms with van der Waals surface area (Å²) in [5.41, 5.74) is 0.562. The van der Waals surface area contributed by atoms with Crippen LogP contribution in [0.25, 0.3) is 5.41 Å². The molecule has 0 bridgehead atoms. The fourth-order valence-electron chi connectivity index (χ4n) is 1.57. The number of amides is 1. The van der Waals surface area contributed by atoms with Crippen LogP contribution in [0.15, 0.2) is 30.3 Å². The molecule has 0 saturated carbocycles. The summed E-state index contributed by atoms with van der Waals surface area (Å²) in [5, 5.41) is 12.3. The van der Waals surface area contributed by atoms with E-state index in [0.29, 0.717) is 5.69 Å². The molecule has 0 aromatic heterocycles. The molecule has 0 spiro atoms. The maximum atomic E-state index is 12.0. The summed E-state index contributed by atoms with van der Waals surface area (Å²) in [6.07, 6.45) is 0.0974. The van der Waals surface area contributed by atoms with Crippen LogP contribution in [0.2, 0.25) is 0 Å². The Labute approximate surface area is 127 Å². The second-order valence-corrected chi connectivity index (χ2v) is 4.06. The number of rotatable bonds is 6. The van der Waals surface area contributed by atoms with Crippen molar-refractivity contribution in [2.75, 3.05) is 5.32 Å². The molecule has 0 fully saturated rings. The molecule has 1 aromatic carbocycles. The van der Waals surface area contributed by atoms with E-state index in [0.717, 1.165) is 0 Å². The first kappa shape index (κ1) is 17.7. The van der Waals surface area contributed by atoms with E-state index in [4.69, 9.17) is 0 Å². The molecular formula is C14H16N2O2W. The standard InChI is InChI=1S/C14H16N2O2.W/c1-3-13(15)12(9-10(2)17)14(18)16-11-7-5-4-6-8-11;/h4-8,12H,1,3,9H2,2H3,(H,16,18);/q-2;+2. The van der Waals surface area contributed by atoms with Crippen molar-refractivity contribution in [3.63, 3.8) is 0 Å². The maximum absolute atomic E-state index is 12.0. The van der Waals surface area contributed by atoms with E-state index in [1.807, 2.05) is 6.07 Å². The van der Waals surface area contributed by atoms with Crippen molar-refractivity contribution in [2.45, 2.75) is 19.8 Å². The zero-order valence-electron chi connectivity index (χ0n) is 10.8. The van der Waals surface area contributed by atoms with Crippen LogP contribution < -0.4 is 5.32 Å². The minimum atomic E-state index is -0.833. The molecule has 0 aliphatic heterocycles. The Kier molecular flexibility index (Phi) is 8.17. The van der Waals surface area contributed by atoms with Crippen molar-refractivity contribution in [2.24, 2.45) is 5.92 Å². The smallest absolute Gasteiger partial charge is 0.813 e. The Morgan fingerprint density at radius 3 is 2.37 bits per heavy atom. The molecule has 0 heterocycles. The monoisotopic (exact) mass is 428 g/mol. The summed E-state index contributed by atoms with van der Waals surface area (Å²) in [6.45, 7) is 4.91. The summed E-state index contributed by atoms with van der Waals surface area (Å²) >= 11 is 0. The zero-order valence-corrected chi connectivity index (χ0v) is 13.7. The minimum Gasteiger partial charge on any atom is -0.813 e. The Morgan fingerprint density at radius 2 is 1.89 bits per heavy atom. The molecule has 1 atom stereocenters. The zero-order chi connectivity index (χ0) is 13.5. The van der Waals surface area contributed by atoms with Gasteiger partial charge in [-0.05, 0) is 19.1 Å². The van der Waals surface area contributed by atoms with Crippen LogP contribution >= 0.6 is 0 Å². The maximum Gasteiger partial charge on any atom is 2.00 e. The van der Waals surface area contributed by atoms with Crippen molar-refractivity contribution in [1.82, 2.24) is 0 Å². The van der Waals surface area contributed by atoms with Crippen LogP contribution in [0, 0.1) is 12.8 Å². The van der Waals surface area contributed by atoms with E-state index in [9.17, 15) is 15.0 Å². The van der Waals surface area contributed by atoms with Gasteiger partial charge in [0, 0.05) is 18.0 Å². The number of carbonyl (C=O) groups is 2. The van der Waals surface area contributed by atoms with Gasteiger partial charge in [0.05, 0.1) is 0 Å². The van der Waals surface area contributed by atoms with Crippen LogP contribution in [0.3, 0.4) is 0 Å². The number of Topliss-reactive ketones (excluding diaryl/α,β-unsaturated/α-hetero) is 1. The van der Waals surface area contributed by atoms with Crippen LogP contribution in [0.1, 0.15) is 19.8 Å². The summed E-state index contributed by atoms with van der Waals surface area (Å²) in [6, 6.07) is 8.90. The van der Waals surface area contributed by atoms with Crippen LogP contribution in [-0.2, 0) is 30.7 Å². The van der Waals surface area contributed by atoms with Crippen LogP contribution in [-0.4, -0.2) is 17.4 Å². The number of para-hydroxylation sites is 1. The number of benzene rings is 1. The summed E-state index contributed by atoms with van der Waals surface area (Å²) in [7, 11) is 0. The molecular weight excluding hydrogens is 412 g/mol. The second kappa shape index (κ2) is 8.76. The molecule has 1 N–H and O–H groups in total. The molecule has 0 radical (unpaired) electrons. The quantitative estimate of drug-likeness (QED) is 0.559. The number of carbonyl (C=O) groups excluding carboxylic acids is 2. The average molecular weight is 428 g/mol. The van der Waals surface area contributed by atoms with Crippen molar-refractivity contribution >= 4 is 23.1 Å². The summed E-state index contributed by atoms with van der Waals surface area (Å²) in [5.74, 6) is -1.37. The Morgan fingerprint density at radius 1 is 1.32 bits per heavy atom. The van der Waals surface area contributed by atoms with Gasteiger partial charge in [-0.15, -0.1) is 0 Å². The third-order valence-corrected chi connectivity index (χ3v) is 2.51. The summed E-state index contributed by atoms with van der Waals surface area (Å²) in [4.78, 5) is 23.1. The Bertz CT molecular complexity index is 446. The van der Waals surface area contributed by atoms with Gasteiger partial charge in [0.15, 0.2) is 0 Å². The van der Waals surface area contributed by atoms with Crippen LogP contribution in [0.5, 0.6) is 0 Å². The van der Waals surface area contributed by atoms with Gasteiger partial charge in [0.2, 0.25) is 5.91 Å². The fraction of sp³-hybridized carbons (Fsp3) is 0.286. The third kappa shape index (κ3) is 5.93. The molecule has 4 nitrogen and oxygen atoms in total. The Hall–Kier alpha value is -1.28. The van der Waals surface area contributed by atoms with Crippen LogP contribution in [0.4, 0.5) is 5.69 Å². The first-order valence-corrected chi connectivity index (χ1v) is 5.74. The van der Waals surface area contributed by atoms with Crippen molar-refractivity contribution in [3.8, 4) is 0 Å². The molecule has 0 aliphatic rings. The molecule has 0 saturated heterocycles. The van der Waals surface area contributed by atoms with Gasteiger partial charge in [0.1, 0.15) is 5.78 Å². The number of nitrogens with one attached hydrogen (secondary N) is 1. The molecule has 5 heteroatoms. The third-order valence-electron chi connectivity index (χ3n) is 2.51. The molecule has 100 valence electrons. The van der Waals surface area contributed by atoms with Gasteiger partial charge in [-0.3, -0.25) is 9.59 Å². The van der Waals surface area contributed by atoms with Gasteiger partial charge in [-0.1, -0.05) is 18.2 Å². The number of nitrogens with zero attached hydrogens (tertiary/aromatic N) is 1. The number of ketones is 1. The number of hydrogen-bond acceptors (Lipinski definition) is 2. The molecule has 1 rings (SSSR count). The molecule has 19 heavy (non-hydrogen) atoms. The van der Waals surface area contributed by atoms with Crippen molar-refractivity contribution in [3.05, 3.63) is 42.7 Å². The topological polar surface area (TPSA) is 68.5 Å².